The van der Waals surface area contributed by atoms with Gasteiger partial charge >= 0.3 is 0 Å². The number of hydrogen-bond acceptors (Lipinski definition) is 3. The average molecular weight is 285 g/mol. The third kappa shape index (κ3) is 3.35. The molecule has 0 heterocycles. The molecule has 1 unspecified atom stereocenters. The Morgan fingerprint density at radius 2 is 1.95 bits per heavy atom. The number of benzene rings is 1. The molecule has 0 fully saturated rings. The van der Waals surface area contributed by atoms with Gasteiger partial charge in [-0.2, -0.15) is 4.31 Å². The summed E-state index contributed by atoms with van der Waals surface area (Å²) in [6.45, 7) is 7.86. The monoisotopic (exact) mass is 285 g/mol. The van der Waals surface area contributed by atoms with Crippen molar-refractivity contribution < 1.29 is 13.5 Å². The molecule has 0 bridgehead atoms. The van der Waals surface area contributed by atoms with Gasteiger partial charge in [-0.25, -0.2) is 8.42 Å². The zero-order valence-corrected chi connectivity index (χ0v) is 12.9. The van der Waals surface area contributed by atoms with Gasteiger partial charge < -0.3 is 5.11 Å². The standard InChI is InChI=1S/C14H23NO3S/c1-5-12(4)15(6-2)19(17,18)14-8-7-11(3)13(9-14)10-16/h7-9,12,16H,5-6,10H2,1-4H3. The summed E-state index contributed by atoms with van der Waals surface area (Å²) in [7, 11) is -3.49. The molecule has 0 saturated carbocycles. The minimum atomic E-state index is -3.49. The van der Waals surface area contributed by atoms with E-state index in [1.807, 2.05) is 27.7 Å². The molecule has 5 heteroatoms. The molecule has 108 valence electrons. The molecule has 0 aliphatic rings. The summed E-state index contributed by atoms with van der Waals surface area (Å²) < 4.78 is 26.7. The molecule has 0 radical (unpaired) electrons. The molecule has 19 heavy (non-hydrogen) atoms. The Balaban J connectivity index is 3.26. The van der Waals surface area contributed by atoms with E-state index in [2.05, 4.69) is 0 Å². The minimum absolute atomic E-state index is 0.0334. The van der Waals surface area contributed by atoms with Crippen molar-refractivity contribution in [3.63, 3.8) is 0 Å². The second-order valence-electron chi connectivity index (χ2n) is 4.71. The lowest BCUT2D eigenvalue weighted by molar-refractivity contribution is 0.280. The van der Waals surface area contributed by atoms with Crippen molar-refractivity contribution in [2.24, 2.45) is 0 Å². The minimum Gasteiger partial charge on any atom is -0.392 e. The molecule has 1 rings (SSSR count). The van der Waals surface area contributed by atoms with E-state index >= 15 is 0 Å². The van der Waals surface area contributed by atoms with E-state index in [4.69, 9.17) is 0 Å². The molecule has 1 atom stereocenters. The first-order valence-electron chi connectivity index (χ1n) is 6.60. The molecule has 0 aromatic heterocycles. The Bertz CT molecular complexity index is 525. The highest BCUT2D eigenvalue weighted by molar-refractivity contribution is 7.89. The van der Waals surface area contributed by atoms with Crippen LogP contribution in [0.1, 0.15) is 38.3 Å². The second-order valence-corrected chi connectivity index (χ2v) is 6.60. The van der Waals surface area contributed by atoms with Crippen LogP contribution in [0.25, 0.3) is 0 Å². The van der Waals surface area contributed by atoms with E-state index in [1.165, 1.54) is 4.31 Å². The van der Waals surface area contributed by atoms with E-state index in [1.54, 1.807) is 18.2 Å². The Morgan fingerprint density at radius 1 is 1.32 bits per heavy atom. The van der Waals surface area contributed by atoms with Gasteiger partial charge in [0.2, 0.25) is 10.0 Å². The lowest BCUT2D eigenvalue weighted by Crippen LogP contribution is -2.38. The van der Waals surface area contributed by atoms with Gasteiger partial charge in [-0.3, -0.25) is 0 Å². The number of sulfonamides is 1. The highest BCUT2D eigenvalue weighted by Gasteiger charge is 2.27. The zero-order chi connectivity index (χ0) is 14.6. The van der Waals surface area contributed by atoms with Crippen LogP contribution in [-0.4, -0.2) is 30.4 Å². The van der Waals surface area contributed by atoms with E-state index < -0.39 is 10.0 Å². The van der Waals surface area contributed by atoms with Crippen LogP contribution in [0.3, 0.4) is 0 Å². The summed E-state index contributed by atoms with van der Waals surface area (Å²) in [6.07, 6.45) is 0.770. The molecular weight excluding hydrogens is 262 g/mol. The van der Waals surface area contributed by atoms with Gasteiger partial charge in [0.1, 0.15) is 0 Å². The van der Waals surface area contributed by atoms with Crippen molar-refractivity contribution in [3.05, 3.63) is 29.3 Å². The Morgan fingerprint density at radius 3 is 2.42 bits per heavy atom. The van der Waals surface area contributed by atoms with Gasteiger partial charge in [0.05, 0.1) is 11.5 Å². The van der Waals surface area contributed by atoms with E-state index in [9.17, 15) is 13.5 Å². The third-order valence-electron chi connectivity index (χ3n) is 3.49. The van der Waals surface area contributed by atoms with Gasteiger partial charge in [-0.1, -0.05) is 19.9 Å². The van der Waals surface area contributed by atoms with Gasteiger partial charge in [0, 0.05) is 12.6 Å². The first-order valence-corrected chi connectivity index (χ1v) is 8.04. The Hall–Kier alpha value is -0.910. The maximum atomic E-state index is 12.6. The fourth-order valence-electron chi connectivity index (χ4n) is 2.04. The molecule has 1 aromatic rings. The average Bonchev–Trinajstić information content (AvgIpc) is 2.39. The molecule has 1 aromatic carbocycles. The third-order valence-corrected chi connectivity index (χ3v) is 5.58. The number of rotatable bonds is 6. The smallest absolute Gasteiger partial charge is 0.243 e. The van der Waals surface area contributed by atoms with Crippen LogP contribution in [0.2, 0.25) is 0 Å². The highest BCUT2D eigenvalue weighted by atomic mass is 32.2. The maximum absolute atomic E-state index is 12.6. The SMILES string of the molecule is CCC(C)N(CC)S(=O)(=O)c1ccc(C)c(CO)c1. The first kappa shape index (κ1) is 16.1. The van der Waals surface area contributed by atoms with Crippen LogP contribution in [0.5, 0.6) is 0 Å². The highest BCUT2D eigenvalue weighted by Crippen LogP contribution is 2.22. The predicted molar refractivity (Wildman–Crippen MR) is 76.4 cm³/mol. The number of aliphatic hydroxyl groups is 1. The number of aryl methyl sites for hydroxylation is 1. The number of nitrogens with zero attached hydrogens (tertiary/aromatic N) is 1. The summed E-state index contributed by atoms with van der Waals surface area (Å²) >= 11 is 0. The van der Waals surface area contributed by atoms with Gasteiger partial charge in [-0.05, 0) is 43.5 Å². The summed E-state index contributed by atoms with van der Waals surface area (Å²) in [5.74, 6) is 0. The Kier molecular flexibility index (Phi) is 5.52. The maximum Gasteiger partial charge on any atom is 0.243 e. The fraction of sp³-hybridized carbons (Fsp3) is 0.571. The van der Waals surface area contributed by atoms with Crippen molar-refractivity contribution in [1.29, 1.82) is 0 Å². The van der Waals surface area contributed by atoms with E-state index in [0.29, 0.717) is 12.1 Å². The summed E-state index contributed by atoms with van der Waals surface area (Å²) in [5.41, 5.74) is 1.55. The first-order chi connectivity index (χ1) is 8.88. The van der Waals surface area contributed by atoms with Crippen molar-refractivity contribution in [3.8, 4) is 0 Å². The zero-order valence-electron chi connectivity index (χ0n) is 12.0. The molecule has 0 aliphatic heterocycles. The fourth-order valence-corrected chi connectivity index (χ4v) is 3.80. The van der Waals surface area contributed by atoms with Gasteiger partial charge in [-0.15, -0.1) is 0 Å². The predicted octanol–water partition coefficient (Wildman–Crippen LogP) is 2.30. The lowest BCUT2D eigenvalue weighted by atomic mass is 10.1. The Labute approximate surface area is 116 Å². The van der Waals surface area contributed by atoms with E-state index in [-0.39, 0.29) is 17.5 Å². The van der Waals surface area contributed by atoms with Crippen LogP contribution in [0, 0.1) is 6.92 Å². The van der Waals surface area contributed by atoms with Crippen molar-refractivity contribution >= 4 is 10.0 Å². The second kappa shape index (κ2) is 6.50. The molecule has 4 nitrogen and oxygen atoms in total. The van der Waals surface area contributed by atoms with Crippen LogP contribution < -0.4 is 0 Å². The summed E-state index contributed by atoms with van der Waals surface area (Å²) in [4.78, 5) is 0.254. The van der Waals surface area contributed by atoms with Crippen molar-refractivity contribution in [1.82, 2.24) is 4.31 Å². The van der Waals surface area contributed by atoms with Crippen molar-refractivity contribution in [2.45, 2.75) is 51.7 Å². The van der Waals surface area contributed by atoms with Crippen molar-refractivity contribution in [2.75, 3.05) is 6.54 Å². The van der Waals surface area contributed by atoms with E-state index in [0.717, 1.165) is 12.0 Å². The van der Waals surface area contributed by atoms with Crippen LogP contribution >= 0.6 is 0 Å². The summed E-state index contributed by atoms with van der Waals surface area (Å²) in [5, 5.41) is 9.25. The van der Waals surface area contributed by atoms with Gasteiger partial charge in [0.25, 0.3) is 0 Å². The lowest BCUT2D eigenvalue weighted by Gasteiger charge is -2.26. The van der Waals surface area contributed by atoms with Gasteiger partial charge in [0.15, 0.2) is 0 Å². The molecular formula is C14H23NO3S. The van der Waals surface area contributed by atoms with Crippen LogP contribution in [-0.2, 0) is 16.6 Å². The van der Waals surface area contributed by atoms with Crippen LogP contribution in [0.4, 0.5) is 0 Å². The van der Waals surface area contributed by atoms with Crippen LogP contribution in [0.15, 0.2) is 23.1 Å². The largest absolute Gasteiger partial charge is 0.392 e. The topological polar surface area (TPSA) is 57.6 Å². The normalized spacial score (nSPS) is 13.8. The quantitative estimate of drug-likeness (QED) is 0.872. The number of hydrogen-bond donors (Lipinski definition) is 1. The number of aliphatic hydroxyl groups excluding tert-OH is 1. The molecule has 0 aliphatic carbocycles. The molecule has 0 spiro atoms. The molecule has 1 N–H and O–H groups in total. The molecule has 0 saturated heterocycles. The molecule has 0 amide bonds. The summed E-state index contributed by atoms with van der Waals surface area (Å²) in [6, 6.07) is 4.88.